The summed E-state index contributed by atoms with van der Waals surface area (Å²) in [6.07, 6.45) is -0.601. The van der Waals surface area contributed by atoms with Crippen molar-refractivity contribution in [1.29, 1.82) is 0 Å². The van der Waals surface area contributed by atoms with Crippen LogP contribution < -0.4 is 5.73 Å². The Hall–Kier alpha value is -2.26. The summed E-state index contributed by atoms with van der Waals surface area (Å²) >= 11 is 0. The minimum atomic E-state index is -3.62. The maximum atomic E-state index is 12.8. The second-order valence-corrected chi connectivity index (χ2v) is 8.46. The number of aliphatic hydroxyl groups excluding tert-OH is 1. The molecule has 0 spiro atoms. The first-order valence-corrected chi connectivity index (χ1v) is 10.2. The van der Waals surface area contributed by atoms with E-state index in [1.165, 1.54) is 28.6 Å². The van der Waals surface area contributed by atoms with Crippen LogP contribution in [0.2, 0.25) is 0 Å². The van der Waals surface area contributed by atoms with Gasteiger partial charge in [-0.2, -0.15) is 4.31 Å². The molecule has 3 rings (SSSR count). The van der Waals surface area contributed by atoms with Crippen LogP contribution in [0, 0.1) is 0 Å². The number of carbonyl (C=O) groups is 1. The Labute approximate surface area is 159 Å². The van der Waals surface area contributed by atoms with Gasteiger partial charge in [-0.15, -0.1) is 0 Å². The summed E-state index contributed by atoms with van der Waals surface area (Å²) in [5.74, 6) is -0.593. The van der Waals surface area contributed by atoms with Gasteiger partial charge in [-0.1, -0.05) is 30.3 Å². The van der Waals surface area contributed by atoms with Gasteiger partial charge in [0.05, 0.1) is 11.0 Å². The average molecular weight is 389 g/mol. The zero-order valence-electron chi connectivity index (χ0n) is 14.9. The number of nitrogens with zero attached hydrogens (tertiary/aromatic N) is 2. The normalized spacial score (nSPS) is 17.5. The highest BCUT2D eigenvalue weighted by molar-refractivity contribution is 7.89. The Morgan fingerprint density at radius 3 is 2.15 bits per heavy atom. The molecule has 8 heteroatoms. The fourth-order valence-corrected chi connectivity index (χ4v) is 4.54. The highest BCUT2D eigenvalue weighted by Gasteiger charge is 2.29. The zero-order chi connectivity index (χ0) is 19.4. The van der Waals surface area contributed by atoms with E-state index in [1.54, 1.807) is 0 Å². The number of nitrogens with two attached hydrogens (primary N) is 1. The van der Waals surface area contributed by atoms with Crippen LogP contribution in [0.25, 0.3) is 0 Å². The zero-order valence-corrected chi connectivity index (χ0v) is 15.7. The molecule has 1 heterocycles. The summed E-state index contributed by atoms with van der Waals surface area (Å²) in [6.45, 7) is 2.25. The van der Waals surface area contributed by atoms with Crippen molar-refractivity contribution >= 4 is 15.9 Å². The standard InChI is InChI=1S/C19H23N3O4S/c20-19(24)16-6-8-17(9-7-16)27(25,26)22-12-10-21(11-13-22)14-18(23)15-4-2-1-3-5-15/h1-9,18,23H,10-14H2,(H2,20,24)/t18-/m1/s1. The quantitative estimate of drug-likeness (QED) is 0.761. The molecule has 27 heavy (non-hydrogen) atoms. The van der Waals surface area contributed by atoms with E-state index in [-0.39, 0.29) is 10.5 Å². The van der Waals surface area contributed by atoms with Gasteiger partial charge < -0.3 is 10.8 Å². The van der Waals surface area contributed by atoms with Gasteiger partial charge in [-0.3, -0.25) is 9.69 Å². The van der Waals surface area contributed by atoms with Gasteiger partial charge in [0.25, 0.3) is 0 Å². The Bertz CT molecular complexity index is 877. The van der Waals surface area contributed by atoms with Gasteiger partial charge in [0.15, 0.2) is 0 Å². The summed E-state index contributed by atoms with van der Waals surface area (Å²) < 4.78 is 26.9. The number of amides is 1. The molecule has 0 unspecified atom stereocenters. The third-order valence-electron chi connectivity index (χ3n) is 4.72. The summed E-state index contributed by atoms with van der Waals surface area (Å²) in [6, 6.07) is 15.1. The van der Waals surface area contributed by atoms with E-state index in [0.29, 0.717) is 32.7 Å². The van der Waals surface area contributed by atoms with Crippen molar-refractivity contribution in [2.24, 2.45) is 5.73 Å². The van der Waals surface area contributed by atoms with Crippen molar-refractivity contribution in [1.82, 2.24) is 9.21 Å². The molecule has 1 fully saturated rings. The summed E-state index contributed by atoms with van der Waals surface area (Å²) in [7, 11) is -3.62. The van der Waals surface area contributed by atoms with Crippen molar-refractivity contribution in [2.75, 3.05) is 32.7 Å². The summed E-state index contributed by atoms with van der Waals surface area (Å²) in [4.78, 5) is 13.3. The number of aliphatic hydroxyl groups is 1. The minimum absolute atomic E-state index is 0.144. The Kier molecular flexibility index (Phi) is 5.91. The van der Waals surface area contributed by atoms with E-state index < -0.39 is 22.0 Å². The van der Waals surface area contributed by atoms with Crippen molar-refractivity contribution in [2.45, 2.75) is 11.0 Å². The van der Waals surface area contributed by atoms with Crippen molar-refractivity contribution in [3.05, 3.63) is 65.7 Å². The third-order valence-corrected chi connectivity index (χ3v) is 6.64. The fraction of sp³-hybridized carbons (Fsp3) is 0.316. The van der Waals surface area contributed by atoms with E-state index in [4.69, 9.17) is 5.73 Å². The van der Waals surface area contributed by atoms with Crippen LogP contribution in [-0.2, 0) is 10.0 Å². The van der Waals surface area contributed by atoms with E-state index >= 15 is 0 Å². The molecular formula is C19H23N3O4S. The number of piperazine rings is 1. The molecule has 2 aromatic rings. The summed E-state index contributed by atoms with van der Waals surface area (Å²) in [5, 5.41) is 10.3. The Morgan fingerprint density at radius 2 is 1.59 bits per heavy atom. The first kappa shape index (κ1) is 19.5. The second-order valence-electron chi connectivity index (χ2n) is 6.52. The highest BCUT2D eigenvalue weighted by Crippen LogP contribution is 2.20. The lowest BCUT2D eigenvalue weighted by atomic mass is 10.1. The Morgan fingerprint density at radius 1 is 1.00 bits per heavy atom. The van der Waals surface area contributed by atoms with Crippen LogP contribution in [-0.4, -0.2) is 61.4 Å². The predicted molar refractivity (Wildman–Crippen MR) is 102 cm³/mol. The lowest BCUT2D eigenvalue weighted by Crippen LogP contribution is -2.49. The van der Waals surface area contributed by atoms with Gasteiger partial charge in [0, 0.05) is 38.3 Å². The summed E-state index contributed by atoms with van der Waals surface area (Å²) in [5.41, 5.74) is 6.31. The van der Waals surface area contributed by atoms with Gasteiger partial charge in [0.2, 0.25) is 15.9 Å². The molecule has 0 saturated carbocycles. The van der Waals surface area contributed by atoms with Crippen LogP contribution in [0.3, 0.4) is 0 Å². The van der Waals surface area contributed by atoms with Crippen molar-refractivity contribution in [3.8, 4) is 0 Å². The van der Waals surface area contributed by atoms with Crippen LogP contribution in [0.5, 0.6) is 0 Å². The first-order valence-electron chi connectivity index (χ1n) is 8.73. The van der Waals surface area contributed by atoms with E-state index in [9.17, 15) is 18.3 Å². The lowest BCUT2D eigenvalue weighted by Gasteiger charge is -2.35. The van der Waals surface area contributed by atoms with E-state index in [2.05, 4.69) is 4.90 Å². The Balaban J connectivity index is 1.60. The first-order chi connectivity index (χ1) is 12.9. The van der Waals surface area contributed by atoms with Gasteiger partial charge in [0.1, 0.15) is 0 Å². The molecule has 3 N–H and O–H groups in total. The van der Waals surface area contributed by atoms with Crippen LogP contribution in [0.1, 0.15) is 22.0 Å². The molecule has 0 aliphatic carbocycles. The van der Waals surface area contributed by atoms with E-state index in [0.717, 1.165) is 5.56 Å². The number of sulfonamides is 1. The molecule has 1 saturated heterocycles. The number of benzene rings is 2. The second kappa shape index (κ2) is 8.18. The number of rotatable bonds is 6. The van der Waals surface area contributed by atoms with Crippen LogP contribution in [0.4, 0.5) is 0 Å². The van der Waals surface area contributed by atoms with Crippen LogP contribution in [0.15, 0.2) is 59.5 Å². The maximum absolute atomic E-state index is 12.8. The number of hydrogen-bond donors (Lipinski definition) is 2. The number of β-amino-alcohol motifs (C(OH)–C–C–N with tert-alkyl or cyclic N) is 1. The molecule has 7 nitrogen and oxygen atoms in total. The van der Waals surface area contributed by atoms with Gasteiger partial charge in [-0.05, 0) is 29.8 Å². The van der Waals surface area contributed by atoms with Crippen molar-refractivity contribution < 1.29 is 18.3 Å². The van der Waals surface area contributed by atoms with Gasteiger partial charge >= 0.3 is 0 Å². The molecule has 0 aromatic heterocycles. The molecule has 1 aliphatic rings. The highest BCUT2D eigenvalue weighted by atomic mass is 32.2. The fourth-order valence-electron chi connectivity index (χ4n) is 3.12. The topological polar surface area (TPSA) is 104 Å². The van der Waals surface area contributed by atoms with E-state index in [1.807, 2.05) is 30.3 Å². The molecule has 0 bridgehead atoms. The number of carbonyl (C=O) groups excluding carboxylic acids is 1. The molecule has 1 atom stereocenters. The number of hydrogen-bond acceptors (Lipinski definition) is 5. The molecule has 144 valence electrons. The predicted octanol–water partition coefficient (Wildman–Crippen LogP) is 0.825. The SMILES string of the molecule is NC(=O)c1ccc(S(=O)(=O)N2CCN(C[C@@H](O)c3ccccc3)CC2)cc1. The molecule has 0 radical (unpaired) electrons. The molecule has 1 amide bonds. The minimum Gasteiger partial charge on any atom is -0.387 e. The monoisotopic (exact) mass is 389 g/mol. The third kappa shape index (κ3) is 4.54. The van der Waals surface area contributed by atoms with Gasteiger partial charge in [-0.25, -0.2) is 8.42 Å². The van der Waals surface area contributed by atoms with Crippen LogP contribution >= 0.6 is 0 Å². The maximum Gasteiger partial charge on any atom is 0.248 e. The lowest BCUT2D eigenvalue weighted by molar-refractivity contribution is 0.0921. The molecule has 2 aromatic carbocycles. The largest absolute Gasteiger partial charge is 0.387 e. The molecule has 1 aliphatic heterocycles. The smallest absolute Gasteiger partial charge is 0.248 e. The van der Waals surface area contributed by atoms with Crippen molar-refractivity contribution in [3.63, 3.8) is 0 Å². The molecular weight excluding hydrogens is 366 g/mol. The average Bonchev–Trinajstić information content (AvgIpc) is 2.69. The number of primary amides is 1.